The molecule has 0 fully saturated rings. The van der Waals surface area contributed by atoms with E-state index in [1.54, 1.807) is 0 Å². The van der Waals surface area contributed by atoms with Gasteiger partial charge >= 0.3 is 0 Å². The third-order valence-corrected chi connectivity index (χ3v) is 2.35. The minimum Gasteiger partial charge on any atom is -0.342 e. The molecule has 0 spiro atoms. The Morgan fingerprint density at radius 2 is 1.71 bits per heavy atom. The van der Waals surface area contributed by atoms with Gasteiger partial charge in [0.15, 0.2) is 0 Å². The number of amidine groups is 1. The Balaban J connectivity index is 2.95. The summed E-state index contributed by atoms with van der Waals surface area (Å²) in [5.41, 5.74) is 0.273. The molecule has 0 unspecified atom stereocenters. The highest BCUT2D eigenvalue weighted by Crippen LogP contribution is 2.25. The third kappa shape index (κ3) is 2.47. The maximum Gasteiger partial charge on any atom is 0.107 e. The van der Waals surface area contributed by atoms with Crippen LogP contribution >= 0.6 is 0 Å². The molecule has 0 saturated carbocycles. The summed E-state index contributed by atoms with van der Waals surface area (Å²) in [7, 11) is 0. The molecule has 0 aliphatic carbocycles. The molecule has 1 heterocycles. The van der Waals surface area contributed by atoms with Gasteiger partial charge in [-0.05, 0) is 20.8 Å². The van der Waals surface area contributed by atoms with E-state index in [-0.39, 0.29) is 11.0 Å². The molecule has 3 nitrogen and oxygen atoms in total. The highest BCUT2D eigenvalue weighted by Gasteiger charge is 2.32. The quantitative estimate of drug-likeness (QED) is 0.643. The molecule has 0 saturated heterocycles. The third-order valence-electron chi connectivity index (χ3n) is 2.35. The van der Waals surface area contributed by atoms with Crippen LogP contribution in [0.5, 0.6) is 0 Å². The van der Waals surface area contributed by atoms with Crippen molar-refractivity contribution in [2.75, 3.05) is 13.3 Å². The predicted molar refractivity (Wildman–Crippen MR) is 61.4 cm³/mol. The van der Waals surface area contributed by atoms with Gasteiger partial charge in [-0.1, -0.05) is 20.8 Å². The van der Waals surface area contributed by atoms with E-state index in [2.05, 4.69) is 56.8 Å². The molecule has 14 heavy (non-hydrogen) atoms. The van der Waals surface area contributed by atoms with Crippen molar-refractivity contribution in [3.63, 3.8) is 0 Å². The van der Waals surface area contributed by atoms with Gasteiger partial charge in [-0.25, -0.2) is 0 Å². The summed E-state index contributed by atoms with van der Waals surface area (Å²) < 4.78 is 0. The standard InChI is InChI=1S/C11H23N3/c1-10(2,3)9-13-7-12-8-14(9)11(4,5)6/h12H,7-8H2,1-6H3. The Morgan fingerprint density at radius 1 is 1.14 bits per heavy atom. The zero-order chi connectivity index (χ0) is 11.0. The smallest absolute Gasteiger partial charge is 0.107 e. The summed E-state index contributed by atoms with van der Waals surface area (Å²) in [5, 5.41) is 3.28. The van der Waals surface area contributed by atoms with E-state index >= 15 is 0 Å². The van der Waals surface area contributed by atoms with Crippen LogP contribution in [0.25, 0.3) is 0 Å². The molecule has 3 heteroatoms. The monoisotopic (exact) mass is 197 g/mol. The average Bonchev–Trinajstić information content (AvgIpc) is 2.01. The van der Waals surface area contributed by atoms with Crippen molar-refractivity contribution in [1.82, 2.24) is 10.2 Å². The Hall–Kier alpha value is -0.570. The minimum atomic E-state index is 0.134. The lowest BCUT2D eigenvalue weighted by molar-refractivity contribution is 0.191. The van der Waals surface area contributed by atoms with Crippen molar-refractivity contribution in [2.45, 2.75) is 47.1 Å². The summed E-state index contributed by atoms with van der Waals surface area (Å²) in [6, 6.07) is 0. The Morgan fingerprint density at radius 3 is 2.07 bits per heavy atom. The minimum absolute atomic E-state index is 0.134. The first-order chi connectivity index (χ1) is 6.23. The molecule has 1 aliphatic heterocycles. The first kappa shape index (κ1) is 11.5. The van der Waals surface area contributed by atoms with Crippen molar-refractivity contribution in [1.29, 1.82) is 0 Å². The van der Waals surface area contributed by atoms with Crippen LogP contribution in [-0.2, 0) is 0 Å². The first-order valence-electron chi connectivity index (χ1n) is 5.26. The van der Waals surface area contributed by atoms with Gasteiger partial charge in [0.2, 0.25) is 0 Å². The Labute approximate surface area is 87.6 Å². The van der Waals surface area contributed by atoms with Crippen molar-refractivity contribution in [3.05, 3.63) is 0 Å². The number of rotatable bonds is 0. The topological polar surface area (TPSA) is 27.6 Å². The fourth-order valence-corrected chi connectivity index (χ4v) is 1.65. The van der Waals surface area contributed by atoms with Gasteiger partial charge in [-0.15, -0.1) is 0 Å². The van der Waals surface area contributed by atoms with Crippen LogP contribution in [0.3, 0.4) is 0 Å². The Kier molecular flexibility index (Phi) is 2.91. The van der Waals surface area contributed by atoms with Gasteiger partial charge in [-0.2, -0.15) is 0 Å². The summed E-state index contributed by atoms with van der Waals surface area (Å²) in [5.74, 6) is 1.21. The van der Waals surface area contributed by atoms with E-state index in [0.29, 0.717) is 0 Å². The summed E-state index contributed by atoms with van der Waals surface area (Å²) in [6.07, 6.45) is 0. The fourth-order valence-electron chi connectivity index (χ4n) is 1.65. The number of nitrogens with one attached hydrogen (secondary N) is 1. The second-order valence-electron chi connectivity index (χ2n) is 5.90. The second kappa shape index (κ2) is 3.54. The number of nitrogens with zero attached hydrogens (tertiary/aromatic N) is 2. The van der Waals surface area contributed by atoms with Crippen molar-refractivity contribution in [3.8, 4) is 0 Å². The van der Waals surface area contributed by atoms with Gasteiger partial charge < -0.3 is 4.90 Å². The Bertz CT molecular complexity index is 230. The molecule has 0 radical (unpaired) electrons. The van der Waals surface area contributed by atoms with Crippen molar-refractivity contribution < 1.29 is 0 Å². The lowest BCUT2D eigenvalue weighted by Crippen LogP contribution is -2.56. The van der Waals surface area contributed by atoms with Crippen molar-refractivity contribution >= 4 is 5.84 Å². The van der Waals surface area contributed by atoms with Crippen LogP contribution in [0.1, 0.15) is 41.5 Å². The lowest BCUT2D eigenvalue weighted by atomic mass is 9.91. The zero-order valence-corrected chi connectivity index (χ0v) is 10.3. The molecule has 1 aliphatic rings. The van der Waals surface area contributed by atoms with E-state index in [9.17, 15) is 0 Å². The molecule has 0 aromatic heterocycles. The predicted octanol–water partition coefficient (Wildman–Crippen LogP) is 2.05. The SMILES string of the molecule is CC(C)(C)C1=NCNCN1C(C)(C)C. The fraction of sp³-hybridized carbons (Fsp3) is 0.909. The molecule has 82 valence electrons. The second-order valence-corrected chi connectivity index (χ2v) is 5.90. The van der Waals surface area contributed by atoms with Gasteiger partial charge in [0.25, 0.3) is 0 Å². The lowest BCUT2D eigenvalue weighted by Gasteiger charge is -2.44. The van der Waals surface area contributed by atoms with Crippen LogP contribution in [0.4, 0.5) is 0 Å². The molecule has 1 N–H and O–H groups in total. The van der Waals surface area contributed by atoms with E-state index in [1.807, 2.05) is 0 Å². The molecular formula is C11H23N3. The zero-order valence-electron chi connectivity index (χ0n) is 10.3. The molecule has 0 aromatic rings. The number of hydrogen-bond donors (Lipinski definition) is 1. The van der Waals surface area contributed by atoms with Gasteiger partial charge in [0, 0.05) is 11.0 Å². The first-order valence-corrected chi connectivity index (χ1v) is 5.26. The number of hydrogen-bond acceptors (Lipinski definition) is 3. The average molecular weight is 197 g/mol. The molecule has 0 atom stereocenters. The van der Waals surface area contributed by atoms with Crippen LogP contribution < -0.4 is 5.32 Å². The number of aliphatic imine (C=N–C) groups is 1. The highest BCUT2D eigenvalue weighted by atomic mass is 15.4. The van der Waals surface area contributed by atoms with E-state index in [0.717, 1.165) is 13.3 Å². The van der Waals surface area contributed by atoms with Crippen LogP contribution in [0.2, 0.25) is 0 Å². The van der Waals surface area contributed by atoms with E-state index in [1.165, 1.54) is 5.84 Å². The van der Waals surface area contributed by atoms with Crippen LogP contribution in [0.15, 0.2) is 4.99 Å². The molecule has 0 bridgehead atoms. The van der Waals surface area contributed by atoms with Gasteiger partial charge in [0.05, 0.1) is 13.3 Å². The molecule has 0 aromatic carbocycles. The van der Waals surface area contributed by atoms with Gasteiger partial charge in [0.1, 0.15) is 5.84 Å². The summed E-state index contributed by atoms with van der Waals surface area (Å²) in [4.78, 5) is 6.92. The van der Waals surface area contributed by atoms with E-state index in [4.69, 9.17) is 0 Å². The van der Waals surface area contributed by atoms with Crippen LogP contribution in [0, 0.1) is 5.41 Å². The molecular weight excluding hydrogens is 174 g/mol. The molecule has 1 rings (SSSR count). The highest BCUT2D eigenvalue weighted by molar-refractivity contribution is 5.88. The summed E-state index contributed by atoms with van der Waals surface area (Å²) >= 11 is 0. The van der Waals surface area contributed by atoms with Crippen molar-refractivity contribution in [2.24, 2.45) is 10.4 Å². The van der Waals surface area contributed by atoms with Gasteiger partial charge in [-0.3, -0.25) is 10.3 Å². The maximum absolute atomic E-state index is 4.58. The van der Waals surface area contributed by atoms with E-state index < -0.39 is 0 Å². The van der Waals surface area contributed by atoms with Crippen LogP contribution in [-0.4, -0.2) is 29.6 Å². The largest absolute Gasteiger partial charge is 0.342 e. The molecule has 0 amide bonds. The summed E-state index contributed by atoms with van der Waals surface area (Å²) in [6.45, 7) is 15.0. The maximum atomic E-state index is 4.58. The normalized spacial score (nSPS) is 19.6.